The van der Waals surface area contributed by atoms with Crippen LogP contribution in [0.4, 0.5) is 5.82 Å². The van der Waals surface area contributed by atoms with E-state index in [2.05, 4.69) is 41.2 Å². The minimum Gasteiger partial charge on any atom is -0.383 e. The molecule has 0 radical (unpaired) electrons. The van der Waals surface area contributed by atoms with Gasteiger partial charge in [-0.3, -0.25) is 0 Å². The first kappa shape index (κ1) is 17.4. The molecule has 0 aliphatic heterocycles. The SMILES string of the molecule is CCCNC(C)c1ccnc(N(CCC#N)CCOC)c1. The lowest BCUT2D eigenvalue weighted by atomic mass is 10.1. The summed E-state index contributed by atoms with van der Waals surface area (Å²) in [5, 5.41) is 12.3. The van der Waals surface area contributed by atoms with Crippen LogP contribution in [0.25, 0.3) is 0 Å². The maximum Gasteiger partial charge on any atom is 0.128 e. The van der Waals surface area contributed by atoms with E-state index in [-0.39, 0.29) is 0 Å². The molecule has 1 rings (SSSR count). The average molecular weight is 290 g/mol. The van der Waals surface area contributed by atoms with Crippen molar-refractivity contribution in [1.29, 1.82) is 5.26 Å². The van der Waals surface area contributed by atoms with Gasteiger partial charge in [-0.25, -0.2) is 4.98 Å². The molecule has 0 aliphatic carbocycles. The predicted octanol–water partition coefficient (Wildman–Crippen LogP) is 2.51. The number of pyridine rings is 1. The summed E-state index contributed by atoms with van der Waals surface area (Å²) in [6.07, 6.45) is 3.44. The number of anilines is 1. The van der Waals surface area contributed by atoms with E-state index in [1.165, 1.54) is 5.56 Å². The lowest BCUT2D eigenvalue weighted by Gasteiger charge is -2.23. The Morgan fingerprint density at radius 1 is 1.48 bits per heavy atom. The molecule has 0 amide bonds. The summed E-state index contributed by atoms with van der Waals surface area (Å²) in [5.41, 5.74) is 1.22. The lowest BCUT2D eigenvalue weighted by Crippen LogP contribution is -2.29. The van der Waals surface area contributed by atoms with Crippen molar-refractivity contribution in [3.63, 3.8) is 0 Å². The zero-order valence-electron chi connectivity index (χ0n) is 13.3. The molecule has 1 aromatic heterocycles. The fraction of sp³-hybridized carbons (Fsp3) is 0.625. The van der Waals surface area contributed by atoms with Gasteiger partial charge >= 0.3 is 0 Å². The van der Waals surface area contributed by atoms with Crippen molar-refractivity contribution < 1.29 is 4.74 Å². The smallest absolute Gasteiger partial charge is 0.128 e. The van der Waals surface area contributed by atoms with Gasteiger partial charge in [0.05, 0.1) is 19.1 Å². The van der Waals surface area contributed by atoms with Gasteiger partial charge in [-0.1, -0.05) is 6.92 Å². The van der Waals surface area contributed by atoms with Crippen molar-refractivity contribution in [3.8, 4) is 6.07 Å². The van der Waals surface area contributed by atoms with E-state index in [1.54, 1.807) is 7.11 Å². The van der Waals surface area contributed by atoms with Gasteiger partial charge in [0, 0.05) is 32.4 Å². The number of rotatable bonds is 10. The molecule has 1 aromatic rings. The molecule has 0 aromatic carbocycles. The first-order chi connectivity index (χ1) is 10.2. The highest BCUT2D eigenvalue weighted by molar-refractivity contribution is 5.42. The van der Waals surface area contributed by atoms with Gasteiger partial charge in [-0.15, -0.1) is 0 Å². The van der Waals surface area contributed by atoms with Crippen LogP contribution in [0.2, 0.25) is 0 Å². The van der Waals surface area contributed by atoms with Crippen LogP contribution >= 0.6 is 0 Å². The van der Waals surface area contributed by atoms with Gasteiger partial charge in [0.1, 0.15) is 5.82 Å². The van der Waals surface area contributed by atoms with E-state index >= 15 is 0 Å². The van der Waals surface area contributed by atoms with Crippen LogP contribution in [0.5, 0.6) is 0 Å². The molecule has 116 valence electrons. The maximum absolute atomic E-state index is 8.79. The van der Waals surface area contributed by atoms with Crippen LogP contribution < -0.4 is 10.2 Å². The van der Waals surface area contributed by atoms with Crippen LogP contribution in [-0.2, 0) is 4.74 Å². The Labute approximate surface area is 127 Å². The number of methoxy groups -OCH3 is 1. The van der Waals surface area contributed by atoms with E-state index in [9.17, 15) is 0 Å². The lowest BCUT2D eigenvalue weighted by molar-refractivity contribution is 0.205. The second-order valence-electron chi connectivity index (χ2n) is 5.01. The van der Waals surface area contributed by atoms with Crippen molar-refractivity contribution in [1.82, 2.24) is 10.3 Å². The third-order valence-corrected chi connectivity index (χ3v) is 3.35. The largest absolute Gasteiger partial charge is 0.383 e. The number of nitrogens with zero attached hydrogens (tertiary/aromatic N) is 3. The van der Waals surface area contributed by atoms with Gasteiger partial charge in [0.25, 0.3) is 0 Å². The minimum atomic E-state index is 0.298. The van der Waals surface area contributed by atoms with Gasteiger partial charge in [-0.05, 0) is 37.6 Å². The molecule has 21 heavy (non-hydrogen) atoms. The minimum absolute atomic E-state index is 0.298. The summed E-state index contributed by atoms with van der Waals surface area (Å²) in [6, 6.07) is 6.62. The fourth-order valence-corrected chi connectivity index (χ4v) is 2.08. The Morgan fingerprint density at radius 2 is 2.29 bits per heavy atom. The molecular formula is C16H26N4O. The van der Waals surface area contributed by atoms with Crippen LogP contribution in [0.15, 0.2) is 18.3 Å². The van der Waals surface area contributed by atoms with Crippen LogP contribution in [-0.4, -0.2) is 38.3 Å². The fourth-order valence-electron chi connectivity index (χ4n) is 2.08. The van der Waals surface area contributed by atoms with Crippen LogP contribution in [0, 0.1) is 11.3 Å². The highest BCUT2D eigenvalue weighted by Gasteiger charge is 2.11. The Morgan fingerprint density at radius 3 is 2.95 bits per heavy atom. The summed E-state index contributed by atoms with van der Waals surface area (Å²) < 4.78 is 5.14. The first-order valence-electron chi connectivity index (χ1n) is 7.53. The molecule has 0 saturated carbocycles. The molecule has 1 atom stereocenters. The molecule has 0 aliphatic rings. The normalized spacial score (nSPS) is 11.9. The van der Waals surface area contributed by atoms with E-state index in [0.717, 1.165) is 25.3 Å². The number of nitriles is 1. The second kappa shape index (κ2) is 10.1. The second-order valence-corrected chi connectivity index (χ2v) is 5.01. The van der Waals surface area contributed by atoms with Crippen LogP contribution in [0.3, 0.4) is 0 Å². The highest BCUT2D eigenvalue weighted by Crippen LogP contribution is 2.18. The van der Waals surface area contributed by atoms with Gasteiger partial charge in [0.15, 0.2) is 0 Å². The molecule has 5 heteroatoms. The number of hydrogen-bond donors (Lipinski definition) is 1. The number of ether oxygens (including phenoxy) is 1. The van der Waals surface area contributed by atoms with Crippen molar-refractivity contribution in [2.75, 3.05) is 38.3 Å². The monoisotopic (exact) mass is 290 g/mol. The molecule has 0 spiro atoms. The Hall–Kier alpha value is -1.64. The average Bonchev–Trinajstić information content (AvgIpc) is 2.53. The van der Waals surface area contributed by atoms with Crippen molar-refractivity contribution >= 4 is 5.82 Å². The highest BCUT2D eigenvalue weighted by atomic mass is 16.5. The molecule has 0 fully saturated rings. The van der Waals surface area contributed by atoms with Crippen molar-refractivity contribution in [2.45, 2.75) is 32.7 Å². The van der Waals surface area contributed by atoms with Gasteiger partial charge < -0.3 is 15.0 Å². The van der Waals surface area contributed by atoms with E-state index in [0.29, 0.717) is 25.6 Å². The molecular weight excluding hydrogens is 264 g/mol. The van der Waals surface area contributed by atoms with Crippen LogP contribution in [0.1, 0.15) is 38.3 Å². The first-order valence-corrected chi connectivity index (χ1v) is 7.53. The number of nitrogens with one attached hydrogen (secondary N) is 1. The molecule has 1 unspecified atom stereocenters. The standard InChI is InChI=1S/C16H26N4O/c1-4-8-18-14(2)15-6-9-19-16(13-15)20(10-5-7-17)11-12-21-3/h6,9,13-14,18H,4-5,8,10-12H2,1-3H3. The molecule has 0 saturated heterocycles. The number of hydrogen-bond acceptors (Lipinski definition) is 5. The molecule has 0 bridgehead atoms. The Kier molecular flexibility index (Phi) is 8.41. The summed E-state index contributed by atoms with van der Waals surface area (Å²) >= 11 is 0. The predicted molar refractivity (Wildman–Crippen MR) is 85.3 cm³/mol. The quantitative estimate of drug-likeness (QED) is 0.717. The van der Waals surface area contributed by atoms with Crippen molar-refractivity contribution in [3.05, 3.63) is 23.9 Å². The number of aromatic nitrogens is 1. The maximum atomic E-state index is 8.79. The Bertz CT molecular complexity index is 444. The molecule has 1 heterocycles. The van der Waals surface area contributed by atoms with E-state index in [1.807, 2.05) is 12.3 Å². The topological polar surface area (TPSA) is 61.2 Å². The zero-order chi connectivity index (χ0) is 15.5. The third kappa shape index (κ3) is 6.11. The summed E-state index contributed by atoms with van der Waals surface area (Å²) in [5.74, 6) is 0.907. The van der Waals surface area contributed by atoms with Crippen molar-refractivity contribution in [2.24, 2.45) is 0 Å². The summed E-state index contributed by atoms with van der Waals surface area (Å²) in [6.45, 7) is 7.36. The third-order valence-electron chi connectivity index (χ3n) is 3.35. The van der Waals surface area contributed by atoms with E-state index in [4.69, 9.17) is 10.00 Å². The summed E-state index contributed by atoms with van der Waals surface area (Å²) in [4.78, 5) is 6.54. The molecule has 5 nitrogen and oxygen atoms in total. The van der Waals surface area contributed by atoms with E-state index < -0.39 is 0 Å². The van der Waals surface area contributed by atoms with Gasteiger partial charge in [-0.2, -0.15) is 5.26 Å². The molecule has 1 N–H and O–H groups in total. The van der Waals surface area contributed by atoms with Gasteiger partial charge in [0.2, 0.25) is 0 Å². The summed E-state index contributed by atoms with van der Waals surface area (Å²) in [7, 11) is 1.68. The zero-order valence-corrected chi connectivity index (χ0v) is 13.3. The Balaban J connectivity index is 2.80.